The van der Waals surface area contributed by atoms with Crippen LogP contribution in [-0.4, -0.2) is 29.5 Å². The highest BCUT2D eigenvalue weighted by Crippen LogP contribution is 2.33. The molecular weight excluding hydrogens is 222 g/mol. The molecule has 2 aromatic rings. The summed E-state index contributed by atoms with van der Waals surface area (Å²) in [7, 11) is 1.67. The Morgan fingerprint density at radius 3 is 2.82 bits per heavy atom. The maximum absolute atomic E-state index is 11.4. The molecule has 1 aromatic carbocycles. The van der Waals surface area contributed by atoms with Crippen molar-refractivity contribution in [2.75, 3.05) is 19.8 Å². The third-order valence-corrected chi connectivity index (χ3v) is 3.46. The fraction of sp³-hybridized carbons (Fsp3) is 0.417. The van der Waals surface area contributed by atoms with Crippen LogP contribution in [0.3, 0.4) is 0 Å². The molecule has 0 amide bonds. The van der Waals surface area contributed by atoms with E-state index in [9.17, 15) is 9.90 Å². The van der Waals surface area contributed by atoms with E-state index in [2.05, 4.69) is 0 Å². The number of oxazole rings is 1. The molecule has 5 heteroatoms. The molecule has 1 fully saturated rings. The number of hydrogen-bond donors (Lipinski definition) is 1. The van der Waals surface area contributed by atoms with Crippen LogP contribution in [0.5, 0.6) is 0 Å². The number of nitrogens with zero attached hydrogens (tertiary/aromatic N) is 1. The molecule has 1 aromatic heterocycles. The zero-order chi connectivity index (χ0) is 12.0. The molecule has 0 aliphatic carbocycles. The number of aryl methyl sites for hydroxylation is 1. The van der Waals surface area contributed by atoms with Gasteiger partial charge in [-0.15, -0.1) is 0 Å². The summed E-state index contributed by atoms with van der Waals surface area (Å²) in [5.41, 5.74) is 1.93. The maximum atomic E-state index is 11.4. The lowest BCUT2D eigenvalue weighted by Gasteiger charge is -2.40. The van der Waals surface area contributed by atoms with Gasteiger partial charge in [0.05, 0.1) is 30.8 Å². The van der Waals surface area contributed by atoms with Gasteiger partial charge >= 0.3 is 5.76 Å². The molecule has 3 rings (SSSR count). The highest BCUT2D eigenvalue weighted by atomic mass is 16.5. The second-order valence-electron chi connectivity index (χ2n) is 4.54. The molecule has 5 nitrogen and oxygen atoms in total. The first-order valence-corrected chi connectivity index (χ1v) is 5.45. The summed E-state index contributed by atoms with van der Waals surface area (Å²) >= 11 is 0. The largest absolute Gasteiger partial charge is 0.419 e. The lowest BCUT2D eigenvalue weighted by Crippen LogP contribution is -2.49. The molecular formula is C12H13NO4. The summed E-state index contributed by atoms with van der Waals surface area (Å²) in [6, 6.07) is 5.57. The number of fused-ring (bicyclic) bond motifs is 1. The Balaban J connectivity index is 2.17. The molecule has 1 aliphatic heterocycles. The van der Waals surface area contributed by atoms with Gasteiger partial charge in [0, 0.05) is 7.05 Å². The van der Waals surface area contributed by atoms with Gasteiger partial charge in [0.1, 0.15) is 0 Å². The van der Waals surface area contributed by atoms with E-state index in [1.807, 2.05) is 18.2 Å². The first-order valence-electron chi connectivity index (χ1n) is 5.45. The van der Waals surface area contributed by atoms with Crippen LogP contribution in [0, 0.1) is 0 Å². The van der Waals surface area contributed by atoms with E-state index in [0.29, 0.717) is 18.8 Å². The van der Waals surface area contributed by atoms with Gasteiger partial charge in [-0.1, -0.05) is 6.07 Å². The smallest absolute Gasteiger partial charge is 0.408 e. The molecule has 1 N–H and O–H groups in total. The fourth-order valence-electron chi connectivity index (χ4n) is 2.16. The lowest BCUT2D eigenvalue weighted by atomic mass is 9.79. The van der Waals surface area contributed by atoms with Crippen LogP contribution in [0.15, 0.2) is 27.4 Å². The van der Waals surface area contributed by atoms with Crippen molar-refractivity contribution in [3.8, 4) is 0 Å². The first-order chi connectivity index (χ1) is 8.16. The number of aliphatic hydroxyl groups excluding tert-OH is 1. The number of aliphatic hydroxyl groups is 1. The van der Waals surface area contributed by atoms with E-state index in [4.69, 9.17) is 9.15 Å². The van der Waals surface area contributed by atoms with Crippen LogP contribution in [0.1, 0.15) is 5.56 Å². The predicted molar refractivity (Wildman–Crippen MR) is 61.0 cm³/mol. The Morgan fingerprint density at radius 2 is 2.24 bits per heavy atom. The summed E-state index contributed by atoms with van der Waals surface area (Å²) in [6.07, 6.45) is 0. The van der Waals surface area contributed by atoms with Crippen molar-refractivity contribution in [1.82, 2.24) is 4.57 Å². The minimum absolute atomic E-state index is 0.0373. The van der Waals surface area contributed by atoms with Crippen LogP contribution in [-0.2, 0) is 17.2 Å². The molecule has 0 radical (unpaired) electrons. The minimum Gasteiger partial charge on any atom is -0.408 e. The molecule has 0 atom stereocenters. The summed E-state index contributed by atoms with van der Waals surface area (Å²) < 4.78 is 11.8. The Morgan fingerprint density at radius 1 is 1.47 bits per heavy atom. The van der Waals surface area contributed by atoms with Crippen LogP contribution >= 0.6 is 0 Å². The van der Waals surface area contributed by atoms with Crippen molar-refractivity contribution < 1.29 is 14.3 Å². The fourth-order valence-corrected chi connectivity index (χ4v) is 2.16. The summed E-state index contributed by atoms with van der Waals surface area (Å²) in [6.45, 7) is 1.05. The lowest BCUT2D eigenvalue weighted by molar-refractivity contribution is -0.0841. The molecule has 17 heavy (non-hydrogen) atoms. The monoisotopic (exact) mass is 235 g/mol. The second kappa shape index (κ2) is 3.45. The summed E-state index contributed by atoms with van der Waals surface area (Å²) in [4.78, 5) is 11.4. The standard InChI is InChI=1S/C12H13NO4/c1-13-9-3-2-8(4-10(9)17-11(13)15)12(5-14)6-16-7-12/h2-4,14H,5-7H2,1H3. The summed E-state index contributed by atoms with van der Waals surface area (Å²) in [5, 5.41) is 9.44. The third-order valence-electron chi connectivity index (χ3n) is 3.46. The van der Waals surface area contributed by atoms with Crippen molar-refractivity contribution in [3.63, 3.8) is 0 Å². The molecule has 0 spiro atoms. The Hall–Kier alpha value is -1.59. The average Bonchev–Trinajstić information content (AvgIpc) is 2.54. The quantitative estimate of drug-likeness (QED) is 0.818. The SMILES string of the molecule is Cn1c(=O)oc2cc(C3(CO)COC3)ccc21. The van der Waals surface area contributed by atoms with Gasteiger partial charge in [0.25, 0.3) is 0 Å². The molecule has 0 saturated carbocycles. The number of ether oxygens (including phenoxy) is 1. The number of aromatic nitrogens is 1. The van der Waals surface area contributed by atoms with Gasteiger partial charge in [0.15, 0.2) is 5.58 Å². The topological polar surface area (TPSA) is 64.6 Å². The van der Waals surface area contributed by atoms with E-state index >= 15 is 0 Å². The van der Waals surface area contributed by atoms with Crippen LogP contribution in [0.4, 0.5) is 0 Å². The second-order valence-corrected chi connectivity index (χ2v) is 4.54. The van der Waals surface area contributed by atoms with Gasteiger partial charge in [-0.3, -0.25) is 4.57 Å². The Kier molecular flexibility index (Phi) is 2.14. The van der Waals surface area contributed by atoms with E-state index in [1.165, 1.54) is 4.57 Å². The van der Waals surface area contributed by atoms with Gasteiger partial charge in [0.2, 0.25) is 0 Å². The van der Waals surface area contributed by atoms with Crippen LogP contribution < -0.4 is 5.76 Å². The van der Waals surface area contributed by atoms with Gasteiger partial charge in [-0.05, 0) is 17.7 Å². The molecule has 1 aliphatic rings. The zero-order valence-electron chi connectivity index (χ0n) is 9.47. The van der Waals surface area contributed by atoms with Crippen LogP contribution in [0.25, 0.3) is 11.1 Å². The normalized spacial score (nSPS) is 18.2. The number of rotatable bonds is 2. The van der Waals surface area contributed by atoms with Crippen molar-refractivity contribution in [2.24, 2.45) is 7.05 Å². The van der Waals surface area contributed by atoms with Crippen molar-refractivity contribution >= 4 is 11.1 Å². The summed E-state index contributed by atoms with van der Waals surface area (Å²) in [5.74, 6) is -0.375. The molecule has 90 valence electrons. The van der Waals surface area contributed by atoms with E-state index in [0.717, 1.165) is 11.1 Å². The third kappa shape index (κ3) is 1.36. The van der Waals surface area contributed by atoms with E-state index < -0.39 is 0 Å². The first kappa shape index (κ1) is 10.6. The van der Waals surface area contributed by atoms with Crippen molar-refractivity contribution in [1.29, 1.82) is 0 Å². The van der Waals surface area contributed by atoms with Gasteiger partial charge in [-0.2, -0.15) is 0 Å². The van der Waals surface area contributed by atoms with E-state index in [-0.39, 0.29) is 17.8 Å². The van der Waals surface area contributed by atoms with Crippen molar-refractivity contribution in [2.45, 2.75) is 5.41 Å². The maximum Gasteiger partial charge on any atom is 0.419 e. The number of benzene rings is 1. The highest BCUT2D eigenvalue weighted by Gasteiger charge is 2.40. The number of hydrogen-bond acceptors (Lipinski definition) is 4. The highest BCUT2D eigenvalue weighted by molar-refractivity contribution is 5.74. The van der Waals surface area contributed by atoms with Crippen molar-refractivity contribution in [3.05, 3.63) is 34.3 Å². The molecule has 0 bridgehead atoms. The molecule has 2 heterocycles. The Bertz CT molecular complexity index is 615. The zero-order valence-corrected chi connectivity index (χ0v) is 9.47. The molecule has 1 saturated heterocycles. The Labute approximate surface area is 97.2 Å². The van der Waals surface area contributed by atoms with Crippen LogP contribution in [0.2, 0.25) is 0 Å². The molecule has 0 unspecified atom stereocenters. The van der Waals surface area contributed by atoms with Gasteiger partial charge < -0.3 is 14.3 Å². The predicted octanol–water partition coefficient (Wildman–Crippen LogP) is 0.392. The van der Waals surface area contributed by atoms with Gasteiger partial charge in [-0.25, -0.2) is 4.79 Å². The van der Waals surface area contributed by atoms with E-state index in [1.54, 1.807) is 7.05 Å². The average molecular weight is 235 g/mol. The minimum atomic E-state index is -0.375.